The molecule has 0 saturated heterocycles. The third-order valence-electron chi connectivity index (χ3n) is 2.93. The lowest BCUT2D eigenvalue weighted by Crippen LogP contribution is -2.02. The van der Waals surface area contributed by atoms with Gasteiger partial charge in [-0.05, 0) is 39.5 Å². The summed E-state index contributed by atoms with van der Waals surface area (Å²) in [7, 11) is -3.15. The number of allylic oxidation sites excluding steroid dienone is 3. The maximum Gasteiger partial charge on any atom is 0.357 e. The van der Waals surface area contributed by atoms with Gasteiger partial charge in [-0.3, -0.25) is 4.57 Å². The fourth-order valence-electron chi connectivity index (χ4n) is 2.03. The molecule has 0 aromatic heterocycles. The van der Waals surface area contributed by atoms with E-state index in [4.69, 9.17) is 9.05 Å². The Morgan fingerprint density at radius 2 is 1.74 bits per heavy atom. The molecule has 0 N–H and O–H groups in total. The molecule has 0 aliphatic carbocycles. The highest BCUT2D eigenvalue weighted by molar-refractivity contribution is 7.58. The Bertz CT molecular complexity index is 324. The SMILES string of the molecule is C=CC/C(=C(\CC)CCCC)P(=O)(OCC)OCC. The molecule has 0 atom stereocenters. The van der Waals surface area contributed by atoms with Crippen LogP contribution in [0, 0.1) is 0 Å². The molecule has 0 aliphatic heterocycles. The molecule has 112 valence electrons. The van der Waals surface area contributed by atoms with E-state index in [0.29, 0.717) is 19.6 Å². The van der Waals surface area contributed by atoms with Crippen molar-refractivity contribution in [2.45, 2.75) is 59.8 Å². The average molecular weight is 288 g/mol. The first-order valence-electron chi connectivity index (χ1n) is 7.30. The van der Waals surface area contributed by atoms with Gasteiger partial charge in [0.05, 0.1) is 13.2 Å². The minimum Gasteiger partial charge on any atom is -0.306 e. The Kier molecular flexibility index (Phi) is 10.2. The summed E-state index contributed by atoms with van der Waals surface area (Å²) in [5, 5.41) is 0.821. The van der Waals surface area contributed by atoms with E-state index in [1.165, 1.54) is 5.57 Å². The van der Waals surface area contributed by atoms with Crippen LogP contribution in [-0.2, 0) is 13.6 Å². The van der Waals surface area contributed by atoms with Gasteiger partial charge in [0.2, 0.25) is 0 Å². The van der Waals surface area contributed by atoms with Crippen LogP contribution in [-0.4, -0.2) is 13.2 Å². The average Bonchev–Trinajstić information content (AvgIpc) is 2.38. The summed E-state index contributed by atoms with van der Waals surface area (Å²) in [6.45, 7) is 12.5. The van der Waals surface area contributed by atoms with Crippen molar-refractivity contribution in [1.29, 1.82) is 0 Å². The lowest BCUT2D eigenvalue weighted by atomic mass is 10.1. The normalized spacial score (nSPS) is 13.3. The molecule has 0 bridgehead atoms. The monoisotopic (exact) mass is 288 g/mol. The maximum atomic E-state index is 12.9. The van der Waals surface area contributed by atoms with Crippen molar-refractivity contribution in [2.24, 2.45) is 0 Å². The van der Waals surface area contributed by atoms with Crippen LogP contribution < -0.4 is 0 Å². The molecule has 4 heteroatoms. The second-order valence-corrected chi connectivity index (χ2v) is 6.38. The van der Waals surface area contributed by atoms with Gasteiger partial charge in [-0.1, -0.05) is 31.9 Å². The Morgan fingerprint density at radius 3 is 2.11 bits per heavy atom. The Hall–Kier alpha value is -0.370. The first kappa shape index (κ1) is 18.6. The fourth-order valence-corrected chi connectivity index (χ4v) is 4.11. The minimum absolute atomic E-state index is 0.392. The largest absolute Gasteiger partial charge is 0.357 e. The van der Waals surface area contributed by atoms with Gasteiger partial charge in [0, 0.05) is 5.31 Å². The van der Waals surface area contributed by atoms with E-state index in [-0.39, 0.29) is 0 Å². The van der Waals surface area contributed by atoms with Crippen LogP contribution in [0.1, 0.15) is 59.8 Å². The molecule has 0 fully saturated rings. The second kappa shape index (κ2) is 10.4. The summed E-state index contributed by atoms with van der Waals surface area (Å²) < 4.78 is 23.9. The smallest absolute Gasteiger partial charge is 0.306 e. The van der Waals surface area contributed by atoms with Crippen LogP contribution in [0.4, 0.5) is 0 Å². The highest BCUT2D eigenvalue weighted by atomic mass is 31.2. The van der Waals surface area contributed by atoms with Crippen molar-refractivity contribution < 1.29 is 13.6 Å². The number of hydrogen-bond acceptors (Lipinski definition) is 3. The van der Waals surface area contributed by atoms with Crippen LogP contribution in [0.25, 0.3) is 0 Å². The molecule has 19 heavy (non-hydrogen) atoms. The van der Waals surface area contributed by atoms with Crippen molar-refractivity contribution in [1.82, 2.24) is 0 Å². The molecule has 0 saturated carbocycles. The zero-order valence-electron chi connectivity index (χ0n) is 12.9. The lowest BCUT2D eigenvalue weighted by Gasteiger charge is -2.22. The molecule has 0 spiro atoms. The molecule has 0 rings (SSSR count). The predicted molar refractivity (Wildman–Crippen MR) is 82.5 cm³/mol. The molecule has 0 unspecified atom stereocenters. The molecular weight excluding hydrogens is 259 g/mol. The highest BCUT2D eigenvalue weighted by Crippen LogP contribution is 2.59. The van der Waals surface area contributed by atoms with Crippen molar-refractivity contribution in [3.63, 3.8) is 0 Å². The van der Waals surface area contributed by atoms with Gasteiger partial charge in [-0.25, -0.2) is 0 Å². The number of rotatable bonds is 11. The van der Waals surface area contributed by atoms with Crippen molar-refractivity contribution in [3.8, 4) is 0 Å². The van der Waals surface area contributed by atoms with Gasteiger partial charge in [-0.2, -0.15) is 0 Å². The fraction of sp³-hybridized carbons (Fsp3) is 0.733. The van der Waals surface area contributed by atoms with E-state index >= 15 is 0 Å². The zero-order chi connectivity index (χ0) is 14.7. The topological polar surface area (TPSA) is 35.5 Å². The number of hydrogen-bond donors (Lipinski definition) is 0. The van der Waals surface area contributed by atoms with Gasteiger partial charge in [0.15, 0.2) is 0 Å². The van der Waals surface area contributed by atoms with Gasteiger partial charge < -0.3 is 9.05 Å². The van der Waals surface area contributed by atoms with Crippen molar-refractivity contribution >= 4 is 7.60 Å². The summed E-state index contributed by atoms with van der Waals surface area (Å²) in [5.74, 6) is 0. The predicted octanol–water partition coefficient (Wildman–Crippen LogP) is 5.68. The third-order valence-corrected chi connectivity index (χ3v) is 5.29. The van der Waals surface area contributed by atoms with Crippen LogP contribution >= 0.6 is 7.60 Å². The molecular formula is C15H29O3P. The third kappa shape index (κ3) is 6.07. The summed E-state index contributed by atoms with van der Waals surface area (Å²) >= 11 is 0. The standard InChI is InChI=1S/C15H29O3P/c1-6-11-13-14(8-3)15(12-7-2)19(16,17-9-4)18-10-5/h7H,2,6,8-13H2,1,3-5H3/b15-14-. The van der Waals surface area contributed by atoms with E-state index in [1.807, 2.05) is 13.8 Å². The summed E-state index contributed by atoms with van der Waals surface area (Å²) in [6.07, 6.45) is 6.42. The maximum absolute atomic E-state index is 12.9. The Morgan fingerprint density at radius 1 is 1.16 bits per heavy atom. The summed E-state index contributed by atoms with van der Waals surface area (Å²) in [4.78, 5) is 0. The van der Waals surface area contributed by atoms with Crippen LogP contribution in [0.5, 0.6) is 0 Å². The van der Waals surface area contributed by atoms with Crippen LogP contribution in [0.3, 0.4) is 0 Å². The quantitative estimate of drug-likeness (QED) is 0.362. The van der Waals surface area contributed by atoms with E-state index in [2.05, 4.69) is 20.4 Å². The van der Waals surface area contributed by atoms with Gasteiger partial charge in [0.25, 0.3) is 0 Å². The van der Waals surface area contributed by atoms with Crippen molar-refractivity contribution in [3.05, 3.63) is 23.5 Å². The van der Waals surface area contributed by atoms with Gasteiger partial charge in [0.1, 0.15) is 0 Å². The van der Waals surface area contributed by atoms with Crippen molar-refractivity contribution in [2.75, 3.05) is 13.2 Å². The molecule has 0 aromatic carbocycles. The van der Waals surface area contributed by atoms with Crippen LogP contribution in [0.2, 0.25) is 0 Å². The van der Waals surface area contributed by atoms with Gasteiger partial charge >= 0.3 is 7.60 Å². The lowest BCUT2D eigenvalue weighted by molar-refractivity contribution is 0.225. The van der Waals surface area contributed by atoms with E-state index in [9.17, 15) is 4.57 Å². The van der Waals surface area contributed by atoms with Crippen LogP contribution in [0.15, 0.2) is 23.5 Å². The minimum atomic E-state index is -3.15. The molecule has 0 amide bonds. The van der Waals surface area contributed by atoms with E-state index in [1.54, 1.807) is 6.08 Å². The van der Waals surface area contributed by atoms with E-state index < -0.39 is 7.60 Å². The molecule has 0 aliphatic rings. The summed E-state index contributed by atoms with van der Waals surface area (Å²) in [5.41, 5.74) is 1.20. The zero-order valence-corrected chi connectivity index (χ0v) is 13.8. The molecule has 3 nitrogen and oxygen atoms in total. The highest BCUT2D eigenvalue weighted by Gasteiger charge is 2.30. The second-order valence-electron chi connectivity index (χ2n) is 4.33. The summed E-state index contributed by atoms with van der Waals surface area (Å²) in [6, 6.07) is 0. The first-order chi connectivity index (χ1) is 9.09. The molecule has 0 radical (unpaired) electrons. The molecule has 0 heterocycles. The van der Waals surface area contributed by atoms with E-state index in [0.717, 1.165) is 31.0 Å². The molecule has 0 aromatic rings. The number of unbranched alkanes of at least 4 members (excludes halogenated alkanes) is 1. The van der Waals surface area contributed by atoms with Gasteiger partial charge in [-0.15, -0.1) is 6.58 Å². The first-order valence-corrected chi connectivity index (χ1v) is 8.85. The Labute approximate surface area is 118 Å². The Balaban J connectivity index is 5.46.